The Bertz CT molecular complexity index is 921. The van der Waals surface area contributed by atoms with Crippen molar-refractivity contribution in [3.8, 4) is 5.75 Å². The number of rotatable bonds is 6. The van der Waals surface area contributed by atoms with Gasteiger partial charge in [0.25, 0.3) is 0 Å². The molecule has 2 N–H and O–H groups in total. The third kappa shape index (κ3) is 6.47. The molecule has 0 bridgehead atoms. The summed E-state index contributed by atoms with van der Waals surface area (Å²) < 4.78 is 5.23. The van der Waals surface area contributed by atoms with Crippen LogP contribution in [0.2, 0.25) is 0 Å². The van der Waals surface area contributed by atoms with Crippen molar-refractivity contribution in [2.45, 2.75) is 46.1 Å². The van der Waals surface area contributed by atoms with Crippen molar-refractivity contribution in [1.82, 2.24) is 15.3 Å². The molecule has 0 radical (unpaired) electrons. The zero-order chi connectivity index (χ0) is 23.2. The maximum Gasteiger partial charge on any atom is 0.232 e. The minimum absolute atomic E-state index is 0.521. The largest absolute Gasteiger partial charge is 0.497 e. The van der Waals surface area contributed by atoms with Crippen molar-refractivity contribution in [2.75, 3.05) is 48.4 Å². The lowest BCUT2D eigenvalue weighted by molar-refractivity contribution is 0.355. The number of methoxy groups -OCH3 is 1. The molecule has 0 saturated carbocycles. The fourth-order valence-electron chi connectivity index (χ4n) is 4.85. The Morgan fingerprint density at radius 1 is 1.00 bits per heavy atom. The van der Waals surface area contributed by atoms with Gasteiger partial charge in [-0.1, -0.05) is 26.0 Å². The van der Waals surface area contributed by atoms with Crippen LogP contribution >= 0.6 is 12.2 Å². The van der Waals surface area contributed by atoms with Gasteiger partial charge >= 0.3 is 0 Å². The summed E-state index contributed by atoms with van der Waals surface area (Å²) in [5, 5.41) is 7.03. The molecule has 2 saturated heterocycles. The average Bonchev–Trinajstić information content (AvgIpc) is 2.83. The fourth-order valence-corrected chi connectivity index (χ4v) is 5.01. The molecule has 7 nitrogen and oxygen atoms in total. The smallest absolute Gasteiger partial charge is 0.232 e. The number of hydrogen-bond donors (Lipinski definition) is 2. The maximum atomic E-state index is 5.57. The SMILES string of the molecule is COc1ccc(CNC(=S)Nc2nc(N3CCCCC3)cc(N3CC(C)CC(C)C3)n2)cc1. The molecule has 2 aromatic rings. The summed E-state index contributed by atoms with van der Waals surface area (Å²) in [6, 6.07) is 10.1. The molecule has 0 amide bonds. The molecular weight excluding hydrogens is 432 g/mol. The highest BCUT2D eigenvalue weighted by Crippen LogP contribution is 2.29. The number of thiocarbonyl (C=S) groups is 1. The van der Waals surface area contributed by atoms with E-state index in [-0.39, 0.29) is 0 Å². The van der Waals surface area contributed by atoms with Crippen molar-refractivity contribution in [3.63, 3.8) is 0 Å². The first-order chi connectivity index (χ1) is 16.0. The van der Waals surface area contributed by atoms with Crippen molar-refractivity contribution in [3.05, 3.63) is 35.9 Å². The highest BCUT2D eigenvalue weighted by atomic mass is 32.1. The van der Waals surface area contributed by atoms with Gasteiger partial charge < -0.3 is 25.2 Å². The summed E-state index contributed by atoms with van der Waals surface area (Å²) in [7, 11) is 1.67. The Morgan fingerprint density at radius 3 is 2.27 bits per heavy atom. The second-order valence-electron chi connectivity index (χ2n) is 9.46. The Hall–Kier alpha value is -2.61. The summed E-state index contributed by atoms with van der Waals surface area (Å²) in [6.45, 7) is 9.42. The van der Waals surface area contributed by atoms with E-state index in [1.165, 1.54) is 25.7 Å². The van der Waals surface area contributed by atoms with Crippen LogP contribution < -0.4 is 25.2 Å². The topological polar surface area (TPSA) is 65.6 Å². The van der Waals surface area contributed by atoms with E-state index in [2.05, 4.69) is 40.3 Å². The second-order valence-corrected chi connectivity index (χ2v) is 9.87. The van der Waals surface area contributed by atoms with Gasteiger partial charge in [-0.3, -0.25) is 0 Å². The first-order valence-electron chi connectivity index (χ1n) is 12.1. The van der Waals surface area contributed by atoms with Crippen LogP contribution in [-0.4, -0.2) is 48.4 Å². The Kier molecular flexibility index (Phi) is 7.85. The first kappa shape index (κ1) is 23.5. The molecule has 33 heavy (non-hydrogen) atoms. The number of anilines is 3. The van der Waals surface area contributed by atoms with Crippen molar-refractivity contribution in [1.29, 1.82) is 0 Å². The molecule has 2 atom stereocenters. The van der Waals surface area contributed by atoms with E-state index in [1.54, 1.807) is 7.11 Å². The van der Waals surface area contributed by atoms with Crippen LogP contribution in [-0.2, 0) is 6.54 Å². The lowest BCUT2D eigenvalue weighted by Crippen LogP contribution is -2.40. The number of aromatic nitrogens is 2. The van der Waals surface area contributed by atoms with Crippen LogP contribution in [0.5, 0.6) is 5.75 Å². The molecule has 0 spiro atoms. The molecule has 3 heterocycles. The van der Waals surface area contributed by atoms with Crippen LogP contribution in [0.4, 0.5) is 17.6 Å². The molecule has 2 aliphatic rings. The maximum absolute atomic E-state index is 5.57. The monoisotopic (exact) mass is 468 g/mol. The highest BCUT2D eigenvalue weighted by molar-refractivity contribution is 7.80. The number of piperidine rings is 2. The first-order valence-corrected chi connectivity index (χ1v) is 12.5. The number of ether oxygens (including phenoxy) is 1. The van der Waals surface area contributed by atoms with Crippen LogP contribution in [0, 0.1) is 11.8 Å². The van der Waals surface area contributed by atoms with Crippen LogP contribution in [0.3, 0.4) is 0 Å². The summed E-state index contributed by atoms with van der Waals surface area (Å²) in [5.74, 6) is 4.70. The van der Waals surface area contributed by atoms with Crippen LogP contribution in [0.25, 0.3) is 0 Å². The minimum Gasteiger partial charge on any atom is -0.497 e. The van der Waals surface area contributed by atoms with Gasteiger partial charge in [0.05, 0.1) is 7.11 Å². The van der Waals surface area contributed by atoms with Gasteiger partial charge in [-0.05, 0) is 67.4 Å². The lowest BCUT2D eigenvalue weighted by Gasteiger charge is -2.36. The lowest BCUT2D eigenvalue weighted by atomic mass is 9.92. The minimum atomic E-state index is 0.521. The molecule has 2 unspecified atom stereocenters. The van der Waals surface area contributed by atoms with Gasteiger partial charge in [0.2, 0.25) is 5.95 Å². The Labute approximate surface area is 202 Å². The Balaban J connectivity index is 1.48. The van der Waals surface area contributed by atoms with Crippen molar-refractivity contribution >= 4 is 34.9 Å². The predicted molar refractivity (Wildman–Crippen MR) is 139 cm³/mol. The molecular formula is C25H36N6OS. The van der Waals surface area contributed by atoms with Gasteiger partial charge in [-0.25, -0.2) is 0 Å². The third-order valence-electron chi connectivity index (χ3n) is 6.41. The molecule has 2 fully saturated rings. The number of hydrogen-bond acceptors (Lipinski definition) is 6. The predicted octanol–water partition coefficient (Wildman–Crippen LogP) is 4.44. The average molecular weight is 469 g/mol. The van der Waals surface area contributed by atoms with Crippen molar-refractivity contribution < 1.29 is 4.74 Å². The fraction of sp³-hybridized carbons (Fsp3) is 0.560. The zero-order valence-corrected chi connectivity index (χ0v) is 20.8. The standard InChI is InChI=1S/C25H36N6OS/c1-18-13-19(2)17-31(16-18)23-14-22(30-11-5-4-6-12-30)27-24(28-23)29-25(33)26-15-20-7-9-21(32-3)10-8-20/h7-10,14,18-19H,4-6,11-13,15-17H2,1-3H3,(H2,26,27,28,29,33). The Morgan fingerprint density at radius 2 is 1.64 bits per heavy atom. The molecule has 1 aromatic heterocycles. The highest BCUT2D eigenvalue weighted by Gasteiger charge is 2.25. The summed E-state index contributed by atoms with van der Waals surface area (Å²) in [4.78, 5) is 14.5. The molecule has 4 rings (SSSR count). The van der Waals surface area contributed by atoms with E-state index in [1.807, 2.05) is 24.3 Å². The number of benzene rings is 1. The van der Waals surface area contributed by atoms with Gasteiger partial charge in [0.1, 0.15) is 17.4 Å². The van der Waals surface area contributed by atoms with Gasteiger partial charge in [0.15, 0.2) is 5.11 Å². The van der Waals surface area contributed by atoms with E-state index in [0.29, 0.717) is 29.4 Å². The number of nitrogens with one attached hydrogen (secondary N) is 2. The molecule has 1 aromatic carbocycles. The van der Waals surface area contributed by atoms with E-state index < -0.39 is 0 Å². The summed E-state index contributed by atoms with van der Waals surface area (Å²) in [6.07, 6.45) is 4.98. The molecule has 0 aliphatic carbocycles. The molecule has 2 aliphatic heterocycles. The van der Waals surface area contributed by atoms with E-state index in [0.717, 1.165) is 49.1 Å². The van der Waals surface area contributed by atoms with Gasteiger partial charge in [0, 0.05) is 38.8 Å². The quantitative estimate of drug-likeness (QED) is 0.603. The normalized spacial score (nSPS) is 20.9. The second kappa shape index (κ2) is 11.0. The van der Waals surface area contributed by atoms with E-state index in [9.17, 15) is 0 Å². The molecule has 178 valence electrons. The molecule has 8 heteroatoms. The zero-order valence-electron chi connectivity index (χ0n) is 20.0. The summed E-state index contributed by atoms with van der Waals surface area (Å²) >= 11 is 5.57. The van der Waals surface area contributed by atoms with E-state index >= 15 is 0 Å². The van der Waals surface area contributed by atoms with Gasteiger partial charge in [-0.15, -0.1) is 0 Å². The van der Waals surface area contributed by atoms with Crippen LogP contribution in [0.1, 0.15) is 45.1 Å². The van der Waals surface area contributed by atoms with Crippen LogP contribution in [0.15, 0.2) is 30.3 Å². The van der Waals surface area contributed by atoms with Gasteiger partial charge in [-0.2, -0.15) is 9.97 Å². The number of nitrogens with zero attached hydrogens (tertiary/aromatic N) is 4. The van der Waals surface area contributed by atoms with Crippen molar-refractivity contribution in [2.24, 2.45) is 11.8 Å². The third-order valence-corrected chi connectivity index (χ3v) is 6.66. The summed E-state index contributed by atoms with van der Waals surface area (Å²) in [5.41, 5.74) is 1.12. The van der Waals surface area contributed by atoms with E-state index in [4.69, 9.17) is 26.9 Å².